The molecule has 0 aliphatic carbocycles. The molecule has 3 aromatic rings. The second-order valence-corrected chi connectivity index (χ2v) is 5.75. The second kappa shape index (κ2) is 6.36. The summed E-state index contributed by atoms with van der Waals surface area (Å²) in [5.74, 6) is 0. The molecule has 0 unspecified atom stereocenters. The van der Waals surface area contributed by atoms with Crippen LogP contribution in [0.3, 0.4) is 0 Å². The summed E-state index contributed by atoms with van der Waals surface area (Å²) < 4.78 is 2.08. The molecule has 0 aliphatic rings. The van der Waals surface area contributed by atoms with E-state index in [4.69, 9.17) is 0 Å². The van der Waals surface area contributed by atoms with Crippen molar-refractivity contribution in [2.24, 2.45) is 0 Å². The molecule has 0 saturated heterocycles. The van der Waals surface area contributed by atoms with Crippen LogP contribution in [-0.2, 0) is 19.5 Å². The standard InChI is InChI=1S/C18H24N4/c1-4-22-14(3)17(13(2)21-22)12-19-10-9-15-11-20-18-8-6-5-7-16(15)18/h5-8,11,19-20H,4,9-10,12H2,1-3H3. The van der Waals surface area contributed by atoms with Crippen molar-refractivity contribution in [1.82, 2.24) is 20.1 Å². The van der Waals surface area contributed by atoms with E-state index in [0.717, 1.165) is 31.7 Å². The van der Waals surface area contributed by atoms with E-state index >= 15 is 0 Å². The molecule has 116 valence electrons. The number of aromatic amines is 1. The first kappa shape index (κ1) is 14.9. The van der Waals surface area contributed by atoms with Gasteiger partial charge >= 0.3 is 0 Å². The zero-order chi connectivity index (χ0) is 15.5. The molecule has 4 heteroatoms. The van der Waals surface area contributed by atoms with Crippen molar-refractivity contribution in [3.05, 3.63) is 53.0 Å². The molecule has 0 atom stereocenters. The van der Waals surface area contributed by atoms with Gasteiger partial charge in [0.15, 0.2) is 0 Å². The van der Waals surface area contributed by atoms with Gasteiger partial charge in [-0.05, 0) is 45.4 Å². The van der Waals surface area contributed by atoms with E-state index < -0.39 is 0 Å². The molecule has 0 fully saturated rings. The van der Waals surface area contributed by atoms with Crippen LogP contribution < -0.4 is 5.32 Å². The molecule has 3 rings (SSSR count). The Morgan fingerprint density at radius 3 is 2.82 bits per heavy atom. The lowest BCUT2D eigenvalue weighted by Gasteiger charge is -2.06. The Kier molecular flexibility index (Phi) is 4.29. The summed E-state index contributed by atoms with van der Waals surface area (Å²) in [4.78, 5) is 3.33. The highest BCUT2D eigenvalue weighted by atomic mass is 15.3. The summed E-state index contributed by atoms with van der Waals surface area (Å²) in [6.45, 7) is 9.17. The number of benzene rings is 1. The Balaban J connectivity index is 1.59. The van der Waals surface area contributed by atoms with E-state index in [-0.39, 0.29) is 0 Å². The van der Waals surface area contributed by atoms with Crippen LogP contribution in [0.15, 0.2) is 30.5 Å². The zero-order valence-corrected chi connectivity index (χ0v) is 13.6. The van der Waals surface area contributed by atoms with Crippen LogP contribution in [0.25, 0.3) is 10.9 Å². The molecule has 22 heavy (non-hydrogen) atoms. The Bertz CT molecular complexity index is 767. The maximum absolute atomic E-state index is 4.57. The summed E-state index contributed by atoms with van der Waals surface area (Å²) in [7, 11) is 0. The number of aryl methyl sites for hydroxylation is 2. The Labute approximate surface area is 131 Å². The van der Waals surface area contributed by atoms with Crippen LogP contribution in [0.5, 0.6) is 0 Å². The van der Waals surface area contributed by atoms with Crippen molar-refractivity contribution in [1.29, 1.82) is 0 Å². The van der Waals surface area contributed by atoms with Gasteiger partial charge in [0.2, 0.25) is 0 Å². The largest absolute Gasteiger partial charge is 0.361 e. The maximum Gasteiger partial charge on any atom is 0.0641 e. The molecular weight excluding hydrogens is 272 g/mol. The predicted octanol–water partition coefficient (Wildman–Crippen LogP) is 3.33. The van der Waals surface area contributed by atoms with Crippen LogP contribution in [-0.4, -0.2) is 21.3 Å². The van der Waals surface area contributed by atoms with Gasteiger partial charge in [-0.2, -0.15) is 5.10 Å². The lowest BCUT2D eigenvalue weighted by molar-refractivity contribution is 0.630. The second-order valence-electron chi connectivity index (χ2n) is 5.75. The minimum absolute atomic E-state index is 0.889. The van der Waals surface area contributed by atoms with E-state index in [2.05, 4.69) is 71.3 Å². The van der Waals surface area contributed by atoms with Gasteiger partial charge < -0.3 is 10.3 Å². The minimum Gasteiger partial charge on any atom is -0.361 e. The van der Waals surface area contributed by atoms with E-state index in [9.17, 15) is 0 Å². The SMILES string of the molecule is CCn1nc(C)c(CNCCc2c[nH]c3ccccc23)c1C. The number of para-hydroxylation sites is 1. The molecule has 0 radical (unpaired) electrons. The molecule has 0 amide bonds. The Morgan fingerprint density at radius 2 is 2.05 bits per heavy atom. The normalized spacial score (nSPS) is 11.4. The smallest absolute Gasteiger partial charge is 0.0641 e. The summed E-state index contributed by atoms with van der Waals surface area (Å²) in [5, 5.41) is 9.46. The van der Waals surface area contributed by atoms with Crippen molar-refractivity contribution in [3.63, 3.8) is 0 Å². The first-order valence-corrected chi connectivity index (χ1v) is 7.99. The summed E-state index contributed by atoms with van der Waals surface area (Å²) in [5.41, 5.74) is 6.34. The molecule has 2 heterocycles. The predicted molar refractivity (Wildman–Crippen MR) is 91.1 cm³/mol. The highest BCUT2D eigenvalue weighted by Crippen LogP contribution is 2.18. The van der Waals surface area contributed by atoms with E-state index in [1.54, 1.807) is 0 Å². The van der Waals surface area contributed by atoms with E-state index in [0.29, 0.717) is 0 Å². The fourth-order valence-corrected chi connectivity index (χ4v) is 3.07. The molecule has 0 saturated carbocycles. The third kappa shape index (κ3) is 2.79. The zero-order valence-electron chi connectivity index (χ0n) is 13.6. The van der Waals surface area contributed by atoms with E-state index in [1.807, 2.05) is 0 Å². The van der Waals surface area contributed by atoms with Gasteiger partial charge in [-0.1, -0.05) is 18.2 Å². The molecule has 0 aliphatic heterocycles. The highest BCUT2D eigenvalue weighted by molar-refractivity contribution is 5.83. The lowest BCUT2D eigenvalue weighted by atomic mass is 10.1. The number of hydrogen-bond donors (Lipinski definition) is 2. The lowest BCUT2D eigenvalue weighted by Crippen LogP contribution is -2.17. The fourth-order valence-electron chi connectivity index (χ4n) is 3.07. The summed E-state index contributed by atoms with van der Waals surface area (Å²) in [6, 6.07) is 8.47. The molecule has 0 bridgehead atoms. The van der Waals surface area contributed by atoms with Gasteiger partial charge in [0.1, 0.15) is 0 Å². The van der Waals surface area contributed by atoms with Crippen molar-refractivity contribution in [2.45, 2.75) is 40.3 Å². The number of fused-ring (bicyclic) bond motifs is 1. The number of nitrogens with zero attached hydrogens (tertiary/aromatic N) is 2. The Morgan fingerprint density at radius 1 is 1.23 bits per heavy atom. The van der Waals surface area contributed by atoms with Gasteiger partial charge in [-0.15, -0.1) is 0 Å². The van der Waals surface area contributed by atoms with Crippen LogP contribution in [0.1, 0.15) is 29.4 Å². The molecule has 0 spiro atoms. The highest BCUT2D eigenvalue weighted by Gasteiger charge is 2.10. The minimum atomic E-state index is 0.889. The summed E-state index contributed by atoms with van der Waals surface area (Å²) >= 11 is 0. The summed E-state index contributed by atoms with van der Waals surface area (Å²) in [6.07, 6.45) is 3.15. The van der Waals surface area contributed by atoms with Gasteiger partial charge in [0, 0.05) is 41.4 Å². The van der Waals surface area contributed by atoms with Crippen molar-refractivity contribution in [2.75, 3.05) is 6.54 Å². The topological polar surface area (TPSA) is 45.6 Å². The first-order chi connectivity index (χ1) is 10.7. The van der Waals surface area contributed by atoms with Crippen LogP contribution >= 0.6 is 0 Å². The monoisotopic (exact) mass is 296 g/mol. The molecular formula is C18H24N4. The molecule has 2 aromatic heterocycles. The van der Waals surface area contributed by atoms with Crippen molar-refractivity contribution < 1.29 is 0 Å². The number of nitrogens with one attached hydrogen (secondary N) is 2. The van der Waals surface area contributed by atoms with Gasteiger partial charge in [0.05, 0.1) is 5.69 Å². The molecule has 4 nitrogen and oxygen atoms in total. The fraction of sp³-hybridized carbons (Fsp3) is 0.389. The van der Waals surface area contributed by atoms with Crippen LogP contribution in [0, 0.1) is 13.8 Å². The van der Waals surface area contributed by atoms with E-state index in [1.165, 1.54) is 27.7 Å². The van der Waals surface area contributed by atoms with Crippen LogP contribution in [0.4, 0.5) is 0 Å². The quantitative estimate of drug-likeness (QED) is 0.685. The maximum atomic E-state index is 4.57. The van der Waals surface area contributed by atoms with Crippen molar-refractivity contribution in [3.8, 4) is 0 Å². The number of aromatic nitrogens is 3. The number of rotatable bonds is 6. The van der Waals surface area contributed by atoms with Crippen LogP contribution in [0.2, 0.25) is 0 Å². The number of hydrogen-bond acceptors (Lipinski definition) is 2. The van der Waals surface area contributed by atoms with Gasteiger partial charge in [-0.25, -0.2) is 0 Å². The van der Waals surface area contributed by atoms with Gasteiger partial charge in [0.25, 0.3) is 0 Å². The molecule has 2 N–H and O–H groups in total. The van der Waals surface area contributed by atoms with Gasteiger partial charge in [-0.3, -0.25) is 4.68 Å². The number of H-pyrrole nitrogens is 1. The Hall–Kier alpha value is -2.07. The van der Waals surface area contributed by atoms with Crippen molar-refractivity contribution >= 4 is 10.9 Å². The average Bonchev–Trinajstić information content (AvgIpc) is 3.06. The first-order valence-electron chi connectivity index (χ1n) is 7.99. The molecule has 1 aromatic carbocycles. The third-order valence-electron chi connectivity index (χ3n) is 4.38. The average molecular weight is 296 g/mol. The third-order valence-corrected chi connectivity index (χ3v) is 4.38.